The monoisotopic (exact) mass is 228 g/mol. The average molecular weight is 228 g/mol. The highest BCUT2D eigenvalue weighted by Crippen LogP contribution is 2.25. The SMILES string of the molecule is Cc1ccc2nc(-c3ccc(C)o3)n(O)c2c1. The van der Waals surface area contributed by atoms with Crippen molar-refractivity contribution in [1.29, 1.82) is 0 Å². The predicted octanol–water partition coefficient (Wildman–Crippen LogP) is 3.15. The first-order chi connectivity index (χ1) is 8.15. The largest absolute Gasteiger partial charge is 0.458 e. The molecule has 2 heterocycles. The van der Waals surface area contributed by atoms with Gasteiger partial charge in [-0.05, 0) is 43.7 Å². The van der Waals surface area contributed by atoms with Crippen molar-refractivity contribution in [2.24, 2.45) is 0 Å². The zero-order chi connectivity index (χ0) is 12.0. The van der Waals surface area contributed by atoms with Crippen LogP contribution in [0.3, 0.4) is 0 Å². The normalized spacial score (nSPS) is 11.2. The quantitative estimate of drug-likeness (QED) is 0.651. The lowest BCUT2D eigenvalue weighted by Gasteiger charge is -1.97. The highest BCUT2D eigenvalue weighted by molar-refractivity contribution is 5.79. The van der Waals surface area contributed by atoms with Crippen molar-refractivity contribution in [3.8, 4) is 11.6 Å². The third-order valence-electron chi connectivity index (χ3n) is 2.75. The molecule has 0 saturated carbocycles. The van der Waals surface area contributed by atoms with E-state index < -0.39 is 0 Å². The summed E-state index contributed by atoms with van der Waals surface area (Å²) < 4.78 is 6.54. The summed E-state index contributed by atoms with van der Waals surface area (Å²) in [5.41, 5.74) is 2.52. The Morgan fingerprint density at radius 1 is 1.18 bits per heavy atom. The van der Waals surface area contributed by atoms with Crippen LogP contribution in [0.4, 0.5) is 0 Å². The summed E-state index contributed by atoms with van der Waals surface area (Å²) in [5.74, 6) is 1.79. The second-order valence-electron chi connectivity index (χ2n) is 4.15. The Bertz CT molecular complexity index is 695. The summed E-state index contributed by atoms with van der Waals surface area (Å²) in [6.45, 7) is 3.83. The van der Waals surface area contributed by atoms with Crippen molar-refractivity contribution in [3.63, 3.8) is 0 Å². The van der Waals surface area contributed by atoms with Gasteiger partial charge in [0.15, 0.2) is 5.76 Å². The van der Waals surface area contributed by atoms with Crippen molar-refractivity contribution >= 4 is 11.0 Å². The first-order valence-electron chi connectivity index (χ1n) is 5.40. The fourth-order valence-electron chi connectivity index (χ4n) is 1.89. The smallest absolute Gasteiger partial charge is 0.212 e. The molecule has 0 unspecified atom stereocenters. The molecule has 17 heavy (non-hydrogen) atoms. The van der Waals surface area contributed by atoms with E-state index in [4.69, 9.17) is 4.42 Å². The Morgan fingerprint density at radius 2 is 2.00 bits per heavy atom. The van der Waals surface area contributed by atoms with E-state index in [0.29, 0.717) is 17.1 Å². The molecular formula is C13H12N2O2. The van der Waals surface area contributed by atoms with Gasteiger partial charge in [-0.2, -0.15) is 4.73 Å². The fourth-order valence-corrected chi connectivity index (χ4v) is 1.89. The van der Waals surface area contributed by atoms with E-state index in [1.165, 1.54) is 0 Å². The molecule has 2 aromatic heterocycles. The summed E-state index contributed by atoms with van der Waals surface area (Å²) >= 11 is 0. The molecule has 86 valence electrons. The molecule has 0 atom stereocenters. The van der Waals surface area contributed by atoms with E-state index in [0.717, 1.165) is 21.6 Å². The average Bonchev–Trinajstić information content (AvgIpc) is 2.84. The van der Waals surface area contributed by atoms with E-state index in [-0.39, 0.29) is 0 Å². The van der Waals surface area contributed by atoms with Crippen molar-refractivity contribution < 1.29 is 9.62 Å². The topological polar surface area (TPSA) is 51.2 Å². The predicted molar refractivity (Wildman–Crippen MR) is 64.1 cm³/mol. The summed E-state index contributed by atoms with van der Waals surface area (Å²) in [7, 11) is 0. The molecular weight excluding hydrogens is 216 g/mol. The first kappa shape index (κ1) is 9.96. The minimum Gasteiger partial charge on any atom is -0.458 e. The summed E-state index contributed by atoms with van der Waals surface area (Å²) in [5, 5.41) is 10.1. The van der Waals surface area contributed by atoms with Crippen LogP contribution in [-0.2, 0) is 0 Å². The van der Waals surface area contributed by atoms with Gasteiger partial charge in [-0.3, -0.25) is 0 Å². The lowest BCUT2D eigenvalue weighted by atomic mass is 10.2. The van der Waals surface area contributed by atoms with E-state index >= 15 is 0 Å². The van der Waals surface area contributed by atoms with Crippen LogP contribution < -0.4 is 0 Å². The maximum absolute atomic E-state index is 10.1. The Balaban J connectivity index is 2.27. The van der Waals surface area contributed by atoms with Gasteiger partial charge in [0.1, 0.15) is 11.3 Å². The van der Waals surface area contributed by atoms with Gasteiger partial charge in [-0.15, -0.1) is 0 Å². The highest BCUT2D eigenvalue weighted by Gasteiger charge is 2.14. The molecule has 0 aliphatic carbocycles. The number of hydrogen-bond donors (Lipinski definition) is 1. The molecule has 1 N–H and O–H groups in total. The Labute approximate surface area is 98.1 Å². The number of imidazole rings is 1. The molecule has 4 nitrogen and oxygen atoms in total. The van der Waals surface area contributed by atoms with Gasteiger partial charge in [-0.25, -0.2) is 4.98 Å². The minimum atomic E-state index is 0.429. The van der Waals surface area contributed by atoms with Gasteiger partial charge >= 0.3 is 0 Å². The zero-order valence-electron chi connectivity index (χ0n) is 9.64. The van der Waals surface area contributed by atoms with Gasteiger partial charge < -0.3 is 9.62 Å². The molecule has 3 aromatic rings. The van der Waals surface area contributed by atoms with Crippen molar-refractivity contribution in [1.82, 2.24) is 9.71 Å². The second kappa shape index (κ2) is 3.38. The highest BCUT2D eigenvalue weighted by atomic mass is 16.5. The first-order valence-corrected chi connectivity index (χ1v) is 5.40. The molecule has 4 heteroatoms. The van der Waals surface area contributed by atoms with Crippen LogP contribution in [0.25, 0.3) is 22.6 Å². The zero-order valence-corrected chi connectivity index (χ0v) is 9.64. The van der Waals surface area contributed by atoms with Crippen LogP contribution in [0.5, 0.6) is 0 Å². The lowest BCUT2D eigenvalue weighted by Crippen LogP contribution is -1.92. The van der Waals surface area contributed by atoms with Gasteiger partial charge in [-0.1, -0.05) is 6.07 Å². The second-order valence-corrected chi connectivity index (χ2v) is 4.15. The standard InChI is InChI=1S/C13H12N2O2/c1-8-3-5-10-11(7-8)15(16)13(14-10)12-6-4-9(2)17-12/h3-7,16H,1-2H3. The van der Waals surface area contributed by atoms with Gasteiger partial charge in [0, 0.05) is 0 Å². The molecule has 0 spiro atoms. The maximum atomic E-state index is 10.1. The number of hydrogen-bond acceptors (Lipinski definition) is 3. The van der Waals surface area contributed by atoms with Crippen LogP contribution in [0.1, 0.15) is 11.3 Å². The Kier molecular flexibility index (Phi) is 1.98. The minimum absolute atomic E-state index is 0.429. The summed E-state index contributed by atoms with van der Waals surface area (Å²) in [4.78, 5) is 4.36. The number of aromatic nitrogens is 2. The third kappa shape index (κ3) is 1.49. The van der Waals surface area contributed by atoms with E-state index in [9.17, 15) is 5.21 Å². The van der Waals surface area contributed by atoms with Gasteiger partial charge in [0.2, 0.25) is 5.82 Å². The van der Waals surface area contributed by atoms with Crippen LogP contribution in [0, 0.1) is 13.8 Å². The Hall–Kier alpha value is -2.23. The summed E-state index contributed by atoms with van der Waals surface area (Å²) in [6.07, 6.45) is 0. The molecule has 0 saturated heterocycles. The van der Waals surface area contributed by atoms with Crippen LogP contribution in [0.15, 0.2) is 34.7 Å². The number of fused-ring (bicyclic) bond motifs is 1. The van der Waals surface area contributed by atoms with Crippen molar-refractivity contribution in [3.05, 3.63) is 41.7 Å². The van der Waals surface area contributed by atoms with Crippen molar-refractivity contribution in [2.45, 2.75) is 13.8 Å². The molecule has 0 aliphatic heterocycles. The number of nitrogens with zero attached hydrogens (tertiary/aromatic N) is 2. The third-order valence-corrected chi connectivity index (χ3v) is 2.75. The molecule has 0 aliphatic rings. The molecule has 1 aromatic carbocycles. The lowest BCUT2D eigenvalue weighted by molar-refractivity contribution is 0.201. The summed E-state index contributed by atoms with van der Waals surface area (Å²) in [6, 6.07) is 9.39. The van der Waals surface area contributed by atoms with E-state index in [2.05, 4.69) is 4.98 Å². The number of furan rings is 1. The van der Waals surface area contributed by atoms with Gasteiger partial charge in [0.25, 0.3) is 0 Å². The van der Waals surface area contributed by atoms with Crippen molar-refractivity contribution in [2.75, 3.05) is 0 Å². The number of aryl methyl sites for hydroxylation is 2. The molecule has 0 amide bonds. The number of rotatable bonds is 1. The molecule has 0 fully saturated rings. The van der Waals surface area contributed by atoms with Gasteiger partial charge in [0.05, 0.1) is 5.52 Å². The fraction of sp³-hybridized carbons (Fsp3) is 0.154. The maximum Gasteiger partial charge on any atom is 0.212 e. The van der Waals surface area contributed by atoms with E-state index in [1.807, 2.05) is 38.1 Å². The molecule has 3 rings (SSSR count). The molecule has 0 bridgehead atoms. The van der Waals surface area contributed by atoms with E-state index in [1.54, 1.807) is 6.07 Å². The van der Waals surface area contributed by atoms with Crippen LogP contribution >= 0.6 is 0 Å². The Morgan fingerprint density at radius 3 is 2.71 bits per heavy atom. The number of benzene rings is 1. The molecule has 0 radical (unpaired) electrons. The van der Waals surface area contributed by atoms with Crippen LogP contribution in [0.2, 0.25) is 0 Å². The van der Waals surface area contributed by atoms with Crippen LogP contribution in [-0.4, -0.2) is 14.9 Å².